The number of fused-ring (bicyclic) bond motifs is 2. The van der Waals surface area contributed by atoms with Gasteiger partial charge in [-0.3, -0.25) is 9.59 Å². The first-order valence-electron chi connectivity index (χ1n) is 17.4. The normalized spacial score (nSPS) is 15.8. The summed E-state index contributed by atoms with van der Waals surface area (Å²) in [7, 11) is 0. The van der Waals surface area contributed by atoms with E-state index in [1.165, 1.54) is 0 Å². The molecule has 1 aliphatic carbocycles. The van der Waals surface area contributed by atoms with Crippen LogP contribution >= 0.6 is 0 Å². The number of aromatic nitrogens is 2. The van der Waals surface area contributed by atoms with Gasteiger partial charge in [-0.05, 0) is 112 Å². The molecular weight excluding hydrogens is 624 g/mol. The van der Waals surface area contributed by atoms with Crippen LogP contribution in [0.4, 0.5) is 0 Å². The maximum Gasteiger partial charge on any atom is 0.252 e. The highest BCUT2D eigenvalue weighted by Gasteiger charge is 2.26. The van der Waals surface area contributed by atoms with Gasteiger partial charge in [-0.1, -0.05) is 36.4 Å². The molecule has 8 heteroatoms. The molecule has 1 aliphatic rings. The highest BCUT2D eigenvalue weighted by Crippen LogP contribution is 2.29. The summed E-state index contributed by atoms with van der Waals surface area (Å²) in [6.45, 7) is 5.11. The number of nitrogens with zero attached hydrogens (tertiary/aromatic N) is 2. The smallest absolute Gasteiger partial charge is 0.252 e. The van der Waals surface area contributed by atoms with Gasteiger partial charge in [0.2, 0.25) is 0 Å². The first kappa shape index (κ1) is 32.8. The molecule has 252 valence electrons. The second-order valence-corrected chi connectivity index (χ2v) is 12.6. The van der Waals surface area contributed by atoms with E-state index >= 15 is 0 Å². The maximum atomic E-state index is 13.8. The minimum atomic E-state index is -0.117. The van der Waals surface area contributed by atoms with Gasteiger partial charge in [0.15, 0.2) is 0 Å². The number of benzene rings is 4. The molecular formula is C42H40N4O4. The van der Waals surface area contributed by atoms with E-state index in [1.54, 1.807) is 0 Å². The highest BCUT2D eigenvalue weighted by atomic mass is 16.5. The number of para-hydroxylation sites is 2. The van der Waals surface area contributed by atoms with Crippen molar-refractivity contribution in [2.24, 2.45) is 0 Å². The van der Waals surface area contributed by atoms with Crippen LogP contribution in [0.3, 0.4) is 0 Å². The van der Waals surface area contributed by atoms with Gasteiger partial charge in [-0.15, -0.1) is 0 Å². The molecule has 1 fully saturated rings. The lowest BCUT2D eigenvalue weighted by molar-refractivity contribution is 0.0893. The van der Waals surface area contributed by atoms with Gasteiger partial charge in [0.1, 0.15) is 11.5 Å². The van der Waals surface area contributed by atoms with Crippen molar-refractivity contribution in [3.05, 3.63) is 120 Å². The Balaban J connectivity index is 1.03. The van der Waals surface area contributed by atoms with Crippen molar-refractivity contribution >= 4 is 33.6 Å². The average molecular weight is 665 g/mol. The summed E-state index contributed by atoms with van der Waals surface area (Å²) >= 11 is 0. The minimum Gasteiger partial charge on any atom is -0.494 e. The number of amides is 2. The van der Waals surface area contributed by atoms with Crippen molar-refractivity contribution in [1.29, 1.82) is 0 Å². The third-order valence-electron chi connectivity index (χ3n) is 9.24. The maximum absolute atomic E-state index is 13.8. The lowest BCUT2D eigenvalue weighted by Crippen LogP contribution is -2.44. The van der Waals surface area contributed by atoms with E-state index in [0.29, 0.717) is 24.3 Å². The monoisotopic (exact) mass is 664 g/mol. The number of rotatable bonds is 10. The zero-order valence-corrected chi connectivity index (χ0v) is 28.3. The highest BCUT2D eigenvalue weighted by molar-refractivity contribution is 6.08. The number of nitrogens with one attached hydrogen (secondary N) is 2. The van der Waals surface area contributed by atoms with Crippen molar-refractivity contribution in [3.63, 3.8) is 0 Å². The Hall–Kier alpha value is -5.76. The van der Waals surface area contributed by atoms with Crippen LogP contribution in [-0.4, -0.2) is 47.1 Å². The van der Waals surface area contributed by atoms with Crippen LogP contribution in [0.25, 0.3) is 44.3 Å². The van der Waals surface area contributed by atoms with Gasteiger partial charge in [-0.2, -0.15) is 0 Å². The quantitative estimate of drug-likeness (QED) is 0.153. The molecule has 0 saturated heterocycles. The van der Waals surface area contributed by atoms with E-state index in [9.17, 15) is 9.59 Å². The molecule has 0 atom stereocenters. The van der Waals surface area contributed by atoms with Crippen molar-refractivity contribution in [1.82, 2.24) is 20.6 Å². The van der Waals surface area contributed by atoms with E-state index in [2.05, 4.69) is 10.6 Å². The molecule has 4 aromatic carbocycles. The van der Waals surface area contributed by atoms with Crippen molar-refractivity contribution in [2.75, 3.05) is 13.2 Å². The SMILES string of the molecule is CCOc1ccc(-c2cc(C(=O)NC3CCC(NC(=O)c4cc(-c5ccc(OCC)cc5)nc5ccccc45)CC3)c3ccccc3n2)cc1. The van der Waals surface area contributed by atoms with E-state index < -0.39 is 0 Å². The Morgan fingerprint density at radius 3 is 1.34 bits per heavy atom. The number of pyridine rings is 2. The number of carbonyl (C=O) groups is 2. The number of carbonyl (C=O) groups excluding carboxylic acids is 2. The largest absolute Gasteiger partial charge is 0.494 e. The fourth-order valence-corrected chi connectivity index (χ4v) is 6.71. The van der Waals surface area contributed by atoms with Crippen molar-refractivity contribution in [2.45, 2.75) is 51.6 Å². The van der Waals surface area contributed by atoms with E-state index in [4.69, 9.17) is 19.4 Å². The van der Waals surface area contributed by atoms with E-state index in [0.717, 1.165) is 81.5 Å². The van der Waals surface area contributed by atoms with Crippen LogP contribution in [0.2, 0.25) is 0 Å². The lowest BCUT2D eigenvalue weighted by Gasteiger charge is -2.30. The van der Waals surface area contributed by atoms with Crippen molar-refractivity contribution < 1.29 is 19.1 Å². The summed E-state index contributed by atoms with van der Waals surface area (Å²) < 4.78 is 11.2. The molecule has 2 amide bonds. The van der Waals surface area contributed by atoms with Gasteiger partial charge >= 0.3 is 0 Å². The summed E-state index contributed by atoms with van der Waals surface area (Å²) in [5.41, 5.74) is 6.03. The number of ether oxygens (including phenoxy) is 2. The number of hydrogen-bond acceptors (Lipinski definition) is 6. The van der Waals surface area contributed by atoms with Gasteiger partial charge in [0.25, 0.3) is 11.8 Å². The summed E-state index contributed by atoms with van der Waals surface area (Å²) in [4.78, 5) is 37.3. The first-order valence-corrected chi connectivity index (χ1v) is 17.4. The lowest BCUT2D eigenvalue weighted by atomic mass is 9.90. The van der Waals surface area contributed by atoms with Crippen LogP contribution in [0.15, 0.2) is 109 Å². The fourth-order valence-electron chi connectivity index (χ4n) is 6.71. The van der Waals surface area contributed by atoms with Crippen molar-refractivity contribution in [3.8, 4) is 34.0 Å². The fraction of sp³-hybridized carbons (Fsp3) is 0.238. The molecule has 50 heavy (non-hydrogen) atoms. The molecule has 0 unspecified atom stereocenters. The van der Waals surface area contributed by atoms with Crippen LogP contribution in [0.1, 0.15) is 60.2 Å². The Bertz CT molecular complexity index is 1980. The molecule has 0 radical (unpaired) electrons. The summed E-state index contributed by atoms with van der Waals surface area (Å²) in [6.07, 6.45) is 3.06. The van der Waals surface area contributed by atoms with Gasteiger partial charge in [0, 0.05) is 34.0 Å². The zero-order valence-electron chi connectivity index (χ0n) is 28.3. The summed E-state index contributed by atoms with van der Waals surface area (Å²) in [6, 6.07) is 34.8. The van der Waals surface area contributed by atoms with Crippen LogP contribution in [-0.2, 0) is 0 Å². The Morgan fingerprint density at radius 2 is 0.960 bits per heavy atom. The molecule has 6 aromatic rings. The Kier molecular flexibility index (Phi) is 9.69. The second kappa shape index (κ2) is 14.8. The number of hydrogen-bond donors (Lipinski definition) is 2. The average Bonchev–Trinajstić information content (AvgIpc) is 3.15. The molecule has 8 nitrogen and oxygen atoms in total. The molecule has 2 N–H and O–H groups in total. The molecule has 0 aliphatic heterocycles. The zero-order chi connectivity index (χ0) is 34.5. The second-order valence-electron chi connectivity index (χ2n) is 12.6. The first-order chi connectivity index (χ1) is 24.5. The Labute approximate surface area is 291 Å². The standard InChI is InChI=1S/C42H40N4O4/c1-3-49-31-21-13-27(14-22-31)39-25-35(33-9-5-7-11-37(33)45-39)41(47)43-29-17-19-30(20-18-29)44-42(48)36-26-40(46-38-12-8-6-10-34(36)38)28-15-23-32(24-16-28)50-4-2/h5-16,21-26,29-30H,3-4,17-20H2,1-2H3,(H,43,47)(H,44,48). The van der Waals surface area contributed by atoms with Crippen LogP contribution in [0, 0.1) is 0 Å². The minimum absolute atomic E-state index is 0.00419. The van der Waals surface area contributed by atoms with E-state index in [-0.39, 0.29) is 23.9 Å². The third kappa shape index (κ3) is 7.15. The third-order valence-corrected chi connectivity index (χ3v) is 9.24. The van der Waals surface area contributed by atoms with Gasteiger partial charge < -0.3 is 20.1 Å². The summed E-state index contributed by atoms with van der Waals surface area (Å²) in [5, 5.41) is 8.19. The van der Waals surface area contributed by atoms with Gasteiger partial charge in [-0.25, -0.2) is 9.97 Å². The molecule has 2 aromatic heterocycles. The molecule has 7 rings (SSSR count). The predicted octanol–water partition coefficient (Wildman–Crippen LogP) is 8.39. The molecule has 0 bridgehead atoms. The molecule has 0 spiro atoms. The molecule has 1 saturated carbocycles. The molecule has 2 heterocycles. The van der Waals surface area contributed by atoms with E-state index in [1.807, 2.05) is 123 Å². The van der Waals surface area contributed by atoms with Crippen LogP contribution < -0.4 is 20.1 Å². The predicted molar refractivity (Wildman–Crippen MR) is 198 cm³/mol. The Morgan fingerprint density at radius 1 is 0.580 bits per heavy atom. The van der Waals surface area contributed by atoms with Gasteiger partial charge in [0.05, 0.1) is 46.8 Å². The topological polar surface area (TPSA) is 102 Å². The van der Waals surface area contributed by atoms with Crippen LogP contribution in [0.5, 0.6) is 11.5 Å². The summed E-state index contributed by atoms with van der Waals surface area (Å²) in [5.74, 6) is 1.36.